The number of methoxy groups -OCH3 is 1. The average Bonchev–Trinajstić information content (AvgIpc) is 2.98. The van der Waals surface area contributed by atoms with Gasteiger partial charge in [0.05, 0.1) is 12.0 Å². The van der Waals surface area contributed by atoms with Crippen molar-refractivity contribution in [3.05, 3.63) is 58.0 Å². The minimum absolute atomic E-state index is 0.0474. The molecule has 0 bridgehead atoms. The van der Waals surface area contributed by atoms with Gasteiger partial charge in [0.1, 0.15) is 6.54 Å². The van der Waals surface area contributed by atoms with Crippen molar-refractivity contribution >= 4 is 40.6 Å². The van der Waals surface area contributed by atoms with E-state index in [2.05, 4.69) is 10.1 Å². The summed E-state index contributed by atoms with van der Waals surface area (Å²) in [6, 6.07) is 9.70. The summed E-state index contributed by atoms with van der Waals surface area (Å²) in [6.45, 7) is 0.280. The van der Waals surface area contributed by atoms with Crippen molar-refractivity contribution in [1.29, 1.82) is 0 Å². The van der Waals surface area contributed by atoms with Crippen LogP contribution in [0.2, 0.25) is 0 Å². The quantitative estimate of drug-likeness (QED) is 0.606. The van der Waals surface area contributed by atoms with Gasteiger partial charge in [-0.2, -0.15) is 8.78 Å². The maximum Gasteiger partial charge on any atom is 0.387 e. The number of thioether (sulfide) groups is 1. The number of alkyl halides is 2. The molecule has 1 fully saturated rings. The van der Waals surface area contributed by atoms with E-state index in [1.165, 1.54) is 31.4 Å². The second kappa shape index (κ2) is 9.82. The number of carbonyl (C=O) groups is 3. The molecule has 1 aliphatic heterocycles. The van der Waals surface area contributed by atoms with Crippen molar-refractivity contribution in [2.75, 3.05) is 19.0 Å². The molecule has 2 aromatic rings. The Labute approximate surface area is 187 Å². The molecule has 1 heterocycles. The maximum atomic E-state index is 12.7. The fraction of sp³-hybridized carbons (Fsp3) is 0.227. The molecule has 168 valence electrons. The summed E-state index contributed by atoms with van der Waals surface area (Å²) in [6.07, 6.45) is 1.42. The van der Waals surface area contributed by atoms with Crippen molar-refractivity contribution in [3.63, 3.8) is 0 Å². The Morgan fingerprint density at radius 3 is 2.59 bits per heavy atom. The SMILES string of the molecule is COc1cc(/C=C2\SC(=O)N(CC(=O)Nc3cc(C)ccc3C)C2=O)ccc1OC(F)F. The first kappa shape index (κ1) is 23.3. The first-order valence-corrected chi connectivity index (χ1v) is 10.2. The van der Waals surface area contributed by atoms with Gasteiger partial charge in [-0.25, -0.2) is 0 Å². The zero-order valence-electron chi connectivity index (χ0n) is 17.5. The smallest absolute Gasteiger partial charge is 0.387 e. The molecule has 1 N–H and O–H groups in total. The Bertz CT molecular complexity index is 1100. The van der Waals surface area contributed by atoms with Crippen LogP contribution in [0.4, 0.5) is 19.3 Å². The topological polar surface area (TPSA) is 84.9 Å². The number of ether oxygens (including phenoxy) is 2. The van der Waals surface area contributed by atoms with E-state index in [0.717, 1.165) is 16.0 Å². The lowest BCUT2D eigenvalue weighted by Crippen LogP contribution is -2.36. The Morgan fingerprint density at radius 1 is 1.16 bits per heavy atom. The number of aryl methyl sites for hydroxylation is 2. The molecule has 0 radical (unpaired) electrons. The zero-order valence-corrected chi connectivity index (χ0v) is 18.3. The van der Waals surface area contributed by atoms with Gasteiger partial charge in [0.15, 0.2) is 11.5 Å². The van der Waals surface area contributed by atoms with Crippen LogP contribution in [0.25, 0.3) is 6.08 Å². The molecule has 0 aliphatic carbocycles. The van der Waals surface area contributed by atoms with Gasteiger partial charge in [-0.1, -0.05) is 18.2 Å². The van der Waals surface area contributed by atoms with Crippen LogP contribution in [0.5, 0.6) is 11.5 Å². The standard InChI is InChI=1S/C22H20F2N2O5S/c1-12-4-5-13(2)15(8-12)25-19(27)11-26-20(28)18(32-22(26)29)10-14-6-7-16(31-21(23)24)17(9-14)30-3/h4-10,21H,11H2,1-3H3,(H,25,27)/b18-10-. The second-order valence-corrected chi connectivity index (χ2v) is 7.92. The van der Waals surface area contributed by atoms with E-state index in [1.54, 1.807) is 6.07 Å². The lowest BCUT2D eigenvalue weighted by Gasteiger charge is -2.14. The Balaban J connectivity index is 1.73. The van der Waals surface area contributed by atoms with Crippen molar-refractivity contribution in [1.82, 2.24) is 4.90 Å². The third kappa shape index (κ3) is 5.44. The van der Waals surface area contributed by atoms with Crippen LogP contribution in [-0.2, 0) is 9.59 Å². The van der Waals surface area contributed by atoms with Gasteiger partial charge in [-0.05, 0) is 66.6 Å². The lowest BCUT2D eigenvalue weighted by atomic mass is 10.1. The molecule has 2 aromatic carbocycles. The summed E-state index contributed by atoms with van der Waals surface area (Å²) >= 11 is 0.685. The van der Waals surface area contributed by atoms with E-state index in [0.29, 0.717) is 23.0 Å². The van der Waals surface area contributed by atoms with E-state index in [4.69, 9.17) is 4.74 Å². The van der Waals surface area contributed by atoms with Crippen LogP contribution in [0.1, 0.15) is 16.7 Å². The van der Waals surface area contributed by atoms with Crippen molar-refractivity contribution in [2.24, 2.45) is 0 Å². The Hall–Kier alpha value is -3.40. The Morgan fingerprint density at radius 2 is 1.91 bits per heavy atom. The van der Waals surface area contributed by atoms with Gasteiger partial charge >= 0.3 is 6.61 Å². The number of benzene rings is 2. The number of carbonyl (C=O) groups excluding carboxylic acids is 3. The summed E-state index contributed by atoms with van der Waals surface area (Å²) in [5, 5.41) is 2.13. The molecule has 0 atom stereocenters. The monoisotopic (exact) mass is 462 g/mol. The summed E-state index contributed by atoms with van der Waals surface area (Å²) in [5.41, 5.74) is 2.86. The van der Waals surface area contributed by atoms with Gasteiger partial charge in [0.25, 0.3) is 11.1 Å². The van der Waals surface area contributed by atoms with Crippen LogP contribution in [0, 0.1) is 13.8 Å². The molecule has 3 amide bonds. The molecule has 3 rings (SSSR count). The first-order valence-electron chi connectivity index (χ1n) is 9.43. The lowest BCUT2D eigenvalue weighted by molar-refractivity contribution is -0.127. The third-order valence-electron chi connectivity index (χ3n) is 4.54. The molecule has 10 heteroatoms. The number of nitrogens with zero attached hydrogens (tertiary/aromatic N) is 1. The van der Waals surface area contributed by atoms with Crippen LogP contribution in [-0.4, -0.2) is 42.2 Å². The number of imide groups is 1. The molecular formula is C22H20F2N2O5S. The normalized spacial score (nSPS) is 14.9. The molecule has 1 saturated heterocycles. The van der Waals surface area contributed by atoms with E-state index in [1.807, 2.05) is 26.0 Å². The zero-order chi connectivity index (χ0) is 23.4. The largest absolute Gasteiger partial charge is 0.493 e. The van der Waals surface area contributed by atoms with Crippen LogP contribution in [0.15, 0.2) is 41.3 Å². The molecule has 0 aromatic heterocycles. The maximum absolute atomic E-state index is 12.7. The van der Waals surface area contributed by atoms with Gasteiger partial charge in [-0.15, -0.1) is 0 Å². The van der Waals surface area contributed by atoms with Crippen molar-refractivity contribution in [2.45, 2.75) is 20.5 Å². The number of hydrogen-bond acceptors (Lipinski definition) is 6. The molecule has 32 heavy (non-hydrogen) atoms. The molecular weight excluding hydrogens is 442 g/mol. The van der Waals surface area contributed by atoms with E-state index in [9.17, 15) is 23.2 Å². The second-order valence-electron chi connectivity index (χ2n) is 6.92. The highest BCUT2D eigenvalue weighted by molar-refractivity contribution is 8.18. The van der Waals surface area contributed by atoms with Crippen LogP contribution in [0.3, 0.4) is 0 Å². The Kier molecular flexibility index (Phi) is 7.14. The van der Waals surface area contributed by atoms with Gasteiger partial charge in [0, 0.05) is 5.69 Å². The van der Waals surface area contributed by atoms with Crippen molar-refractivity contribution in [3.8, 4) is 11.5 Å². The fourth-order valence-electron chi connectivity index (χ4n) is 2.96. The predicted octanol–water partition coefficient (Wildman–Crippen LogP) is 4.59. The van der Waals surface area contributed by atoms with Crippen LogP contribution >= 0.6 is 11.8 Å². The van der Waals surface area contributed by atoms with Crippen LogP contribution < -0.4 is 14.8 Å². The highest BCUT2D eigenvalue weighted by Crippen LogP contribution is 2.35. The molecule has 0 spiro atoms. The average molecular weight is 462 g/mol. The molecule has 1 aliphatic rings. The number of hydrogen-bond donors (Lipinski definition) is 1. The van der Waals surface area contributed by atoms with Gasteiger partial charge in [-0.3, -0.25) is 19.3 Å². The predicted molar refractivity (Wildman–Crippen MR) is 117 cm³/mol. The minimum atomic E-state index is -3.01. The summed E-state index contributed by atoms with van der Waals surface area (Å²) in [7, 11) is 1.29. The molecule has 0 unspecified atom stereocenters. The van der Waals surface area contributed by atoms with Gasteiger partial charge in [0.2, 0.25) is 5.91 Å². The van der Waals surface area contributed by atoms with Crippen molar-refractivity contribution < 1.29 is 32.6 Å². The van der Waals surface area contributed by atoms with Gasteiger partial charge < -0.3 is 14.8 Å². The van der Waals surface area contributed by atoms with E-state index in [-0.39, 0.29) is 16.4 Å². The molecule has 7 nitrogen and oxygen atoms in total. The first-order chi connectivity index (χ1) is 15.2. The number of nitrogens with one attached hydrogen (secondary N) is 1. The number of anilines is 1. The fourth-order valence-corrected chi connectivity index (χ4v) is 3.80. The van der Waals surface area contributed by atoms with E-state index >= 15 is 0 Å². The highest BCUT2D eigenvalue weighted by Gasteiger charge is 2.36. The summed E-state index contributed by atoms with van der Waals surface area (Å²) in [4.78, 5) is 38.4. The minimum Gasteiger partial charge on any atom is -0.493 e. The summed E-state index contributed by atoms with van der Waals surface area (Å²) < 4.78 is 34.3. The third-order valence-corrected chi connectivity index (χ3v) is 5.45. The number of rotatable bonds is 7. The summed E-state index contributed by atoms with van der Waals surface area (Å²) in [5.74, 6) is -1.23. The number of halogens is 2. The number of amides is 3. The highest BCUT2D eigenvalue weighted by atomic mass is 32.2. The molecule has 0 saturated carbocycles. The van der Waals surface area contributed by atoms with E-state index < -0.39 is 30.2 Å².